The first-order chi connectivity index (χ1) is 16.6. The highest BCUT2D eigenvalue weighted by Crippen LogP contribution is 2.42. The standard InChI is InChI=1S/C29H54O6/c1-12-22-16(5)15(4)19(8)28(31-22)34-26-18(7)21(10)29(33-24(26)14-3)35-25-17(6)20(9)27(30-11)32-23(25)13-2/h15-29H,12-14H2,1-11H3. The van der Waals surface area contributed by atoms with Gasteiger partial charge in [0.05, 0.1) is 30.5 Å². The summed E-state index contributed by atoms with van der Waals surface area (Å²) in [6, 6.07) is 0. The van der Waals surface area contributed by atoms with Crippen molar-refractivity contribution < 1.29 is 28.4 Å². The summed E-state index contributed by atoms with van der Waals surface area (Å²) in [5, 5.41) is 0. The molecule has 35 heavy (non-hydrogen) atoms. The molecule has 0 aromatic heterocycles. The second-order valence-electron chi connectivity index (χ2n) is 11.8. The molecule has 6 nitrogen and oxygen atoms in total. The van der Waals surface area contributed by atoms with Crippen molar-refractivity contribution in [3.05, 3.63) is 0 Å². The topological polar surface area (TPSA) is 55.4 Å². The van der Waals surface area contributed by atoms with Crippen LogP contribution in [-0.4, -0.2) is 56.5 Å². The summed E-state index contributed by atoms with van der Waals surface area (Å²) < 4.78 is 38.6. The lowest BCUT2D eigenvalue weighted by atomic mass is 9.78. The van der Waals surface area contributed by atoms with Crippen molar-refractivity contribution in [2.75, 3.05) is 7.11 Å². The van der Waals surface area contributed by atoms with Gasteiger partial charge in [0.25, 0.3) is 0 Å². The van der Waals surface area contributed by atoms with Gasteiger partial charge in [0.1, 0.15) is 0 Å². The van der Waals surface area contributed by atoms with Crippen LogP contribution in [0.5, 0.6) is 0 Å². The van der Waals surface area contributed by atoms with E-state index in [1.807, 2.05) is 0 Å². The van der Waals surface area contributed by atoms with Crippen LogP contribution in [0.2, 0.25) is 0 Å². The fourth-order valence-electron chi connectivity index (χ4n) is 6.44. The summed E-state index contributed by atoms with van der Waals surface area (Å²) in [4.78, 5) is 0. The van der Waals surface area contributed by atoms with E-state index in [1.54, 1.807) is 7.11 Å². The summed E-state index contributed by atoms with van der Waals surface area (Å²) in [7, 11) is 1.72. The number of ether oxygens (including phenoxy) is 6. The first-order valence-corrected chi connectivity index (χ1v) is 14.4. The molecule has 15 unspecified atom stereocenters. The molecule has 0 saturated carbocycles. The smallest absolute Gasteiger partial charge is 0.161 e. The fraction of sp³-hybridized carbons (Fsp3) is 1.00. The molecule has 3 fully saturated rings. The van der Waals surface area contributed by atoms with Crippen molar-refractivity contribution in [1.82, 2.24) is 0 Å². The van der Waals surface area contributed by atoms with E-state index < -0.39 is 0 Å². The highest BCUT2D eigenvalue weighted by atomic mass is 16.7. The van der Waals surface area contributed by atoms with Crippen molar-refractivity contribution in [1.29, 1.82) is 0 Å². The maximum absolute atomic E-state index is 6.78. The SMILES string of the molecule is CCC1OC(OC2C(CC)OC(OC3C(CC)OC(OC)C(C)C3C)C(C)C2C)C(C)C(C)C1C. The van der Waals surface area contributed by atoms with E-state index in [0.29, 0.717) is 23.7 Å². The van der Waals surface area contributed by atoms with Gasteiger partial charge in [-0.05, 0) is 42.9 Å². The molecule has 0 aliphatic carbocycles. The van der Waals surface area contributed by atoms with E-state index in [0.717, 1.165) is 19.3 Å². The quantitative estimate of drug-likeness (QED) is 0.394. The molecule has 3 saturated heterocycles. The fourth-order valence-corrected chi connectivity index (χ4v) is 6.44. The van der Waals surface area contributed by atoms with Gasteiger partial charge >= 0.3 is 0 Å². The number of methoxy groups -OCH3 is 1. The van der Waals surface area contributed by atoms with Crippen LogP contribution < -0.4 is 0 Å². The molecule has 3 heterocycles. The van der Waals surface area contributed by atoms with Crippen LogP contribution in [-0.2, 0) is 28.4 Å². The molecule has 3 aliphatic heterocycles. The summed E-state index contributed by atoms with van der Waals surface area (Å²) >= 11 is 0. The van der Waals surface area contributed by atoms with Gasteiger partial charge in [-0.3, -0.25) is 0 Å². The van der Waals surface area contributed by atoms with Crippen molar-refractivity contribution >= 4 is 0 Å². The Morgan fingerprint density at radius 2 is 0.829 bits per heavy atom. The summed E-state index contributed by atoms with van der Waals surface area (Å²) in [5.41, 5.74) is 0. The van der Waals surface area contributed by atoms with Crippen molar-refractivity contribution in [3.8, 4) is 0 Å². The van der Waals surface area contributed by atoms with E-state index in [9.17, 15) is 0 Å². The molecule has 0 spiro atoms. The zero-order valence-corrected chi connectivity index (χ0v) is 24.2. The summed E-state index contributed by atoms with van der Waals surface area (Å²) in [6.07, 6.45) is 2.30. The average Bonchev–Trinajstić information content (AvgIpc) is 2.86. The van der Waals surface area contributed by atoms with E-state index in [-0.39, 0.29) is 67.1 Å². The van der Waals surface area contributed by atoms with Crippen molar-refractivity contribution in [2.24, 2.45) is 41.4 Å². The largest absolute Gasteiger partial charge is 0.356 e. The number of hydrogen-bond acceptors (Lipinski definition) is 6. The molecule has 15 atom stereocenters. The van der Waals surface area contributed by atoms with Gasteiger partial charge < -0.3 is 28.4 Å². The average molecular weight is 499 g/mol. The normalized spacial score (nSPS) is 51.3. The van der Waals surface area contributed by atoms with Crippen LogP contribution >= 0.6 is 0 Å². The molecular formula is C29H54O6. The van der Waals surface area contributed by atoms with E-state index in [2.05, 4.69) is 69.2 Å². The minimum absolute atomic E-state index is 0.00255. The molecule has 0 aromatic carbocycles. The monoisotopic (exact) mass is 498 g/mol. The molecule has 0 aromatic rings. The Kier molecular flexibility index (Phi) is 10.5. The Morgan fingerprint density at radius 1 is 0.457 bits per heavy atom. The third kappa shape index (κ3) is 5.93. The predicted molar refractivity (Wildman–Crippen MR) is 138 cm³/mol. The van der Waals surface area contributed by atoms with Crippen LogP contribution in [0.25, 0.3) is 0 Å². The van der Waals surface area contributed by atoms with Crippen molar-refractivity contribution in [2.45, 2.75) is 138 Å². The zero-order chi connectivity index (χ0) is 26.0. The number of rotatable bonds is 8. The van der Waals surface area contributed by atoms with E-state index in [1.165, 1.54) is 0 Å². The Balaban J connectivity index is 1.72. The molecular weight excluding hydrogens is 444 g/mol. The second-order valence-corrected chi connectivity index (χ2v) is 11.8. The van der Waals surface area contributed by atoms with Crippen LogP contribution in [0.1, 0.15) is 88.5 Å². The van der Waals surface area contributed by atoms with Gasteiger partial charge in [-0.15, -0.1) is 0 Å². The van der Waals surface area contributed by atoms with Crippen molar-refractivity contribution in [3.63, 3.8) is 0 Å². The lowest BCUT2D eigenvalue weighted by molar-refractivity contribution is -0.347. The summed E-state index contributed by atoms with van der Waals surface area (Å²) in [5.74, 6) is 2.49. The second kappa shape index (κ2) is 12.5. The molecule has 206 valence electrons. The van der Waals surface area contributed by atoms with E-state index in [4.69, 9.17) is 28.4 Å². The molecule has 0 bridgehead atoms. The molecule has 0 amide bonds. The first kappa shape index (κ1) is 29.3. The Hall–Kier alpha value is -0.240. The maximum atomic E-state index is 6.78. The highest BCUT2D eigenvalue weighted by Gasteiger charge is 2.49. The number of hydrogen-bond donors (Lipinski definition) is 0. The lowest BCUT2D eigenvalue weighted by Gasteiger charge is -2.51. The van der Waals surface area contributed by atoms with Gasteiger partial charge in [0.15, 0.2) is 18.9 Å². The Bertz CT molecular complexity index is 639. The zero-order valence-electron chi connectivity index (χ0n) is 24.2. The van der Waals surface area contributed by atoms with Crippen LogP contribution in [0.4, 0.5) is 0 Å². The predicted octanol–water partition coefficient (Wildman–Crippen LogP) is 6.26. The third-order valence-electron chi connectivity index (χ3n) is 9.91. The molecule has 0 N–H and O–H groups in total. The maximum Gasteiger partial charge on any atom is 0.161 e. The molecule has 3 aliphatic rings. The highest BCUT2D eigenvalue weighted by molar-refractivity contribution is 4.91. The lowest BCUT2D eigenvalue weighted by Crippen LogP contribution is -2.57. The molecule has 3 rings (SSSR count). The van der Waals surface area contributed by atoms with E-state index >= 15 is 0 Å². The minimum Gasteiger partial charge on any atom is -0.356 e. The third-order valence-corrected chi connectivity index (χ3v) is 9.91. The molecule has 0 radical (unpaired) electrons. The summed E-state index contributed by atoms with van der Waals surface area (Å²) in [6.45, 7) is 22.4. The molecule has 6 heteroatoms. The Labute approximate surface area is 215 Å². The minimum atomic E-state index is -0.279. The van der Waals surface area contributed by atoms with Crippen LogP contribution in [0.15, 0.2) is 0 Å². The van der Waals surface area contributed by atoms with Gasteiger partial charge in [-0.1, -0.05) is 69.2 Å². The van der Waals surface area contributed by atoms with Gasteiger partial charge in [0.2, 0.25) is 0 Å². The van der Waals surface area contributed by atoms with Crippen LogP contribution in [0, 0.1) is 41.4 Å². The van der Waals surface area contributed by atoms with Gasteiger partial charge in [-0.25, -0.2) is 0 Å². The van der Waals surface area contributed by atoms with Gasteiger partial charge in [0, 0.05) is 24.9 Å². The van der Waals surface area contributed by atoms with Crippen LogP contribution in [0.3, 0.4) is 0 Å². The first-order valence-electron chi connectivity index (χ1n) is 14.4. The van der Waals surface area contributed by atoms with Gasteiger partial charge in [-0.2, -0.15) is 0 Å². The Morgan fingerprint density at radius 3 is 1.26 bits per heavy atom.